The van der Waals surface area contributed by atoms with Crippen molar-refractivity contribution in [2.24, 2.45) is 0 Å². The van der Waals surface area contributed by atoms with Gasteiger partial charge in [-0.2, -0.15) is 0 Å². The Morgan fingerprint density at radius 3 is 1.84 bits per heavy atom. The van der Waals surface area contributed by atoms with Crippen LogP contribution in [0.2, 0.25) is 0 Å². The lowest BCUT2D eigenvalue weighted by Gasteiger charge is -2.18. The topological polar surface area (TPSA) is 0 Å². The molecule has 0 bridgehead atoms. The predicted molar refractivity (Wildman–Crippen MR) is 73.0 cm³/mol. The molecule has 0 saturated heterocycles. The van der Waals surface area contributed by atoms with Gasteiger partial charge >= 0.3 is 9.08 Å². The van der Waals surface area contributed by atoms with E-state index in [9.17, 15) is 12.3 Å². The van der Waals surface area contributed by atoms with Crippen molar-refractivity contribution in [1.82, 2.24) is 0 Å². The summed E-state index contributed by atoms with van der Waals surface area (Å²) in [5.41, 5.74) is 0.105. The zero-order chi connectivity index (χ0) is 13.7. The minimum absolute atomic E-state index is 0.143. The molecule has 0 amide bonds. The van der Waals surface area contributed by atoms with Crippen LogP contribution in [0.25, 0.3) is 0 Å². The second-order valence-electron chi connectivity index (χ2n) is 4.53. The molecular weight excluding hydrogens is 265 g/mol. The van der Waals surface area contributed by atoms with E-state index in [0.29, 0.717) is 12.0 Å². The van der Waals surface area contributed by atoms with Crippen molar-refractivity contribution in [3.05, 3.63) is 71.8 Å². The average molecular weight is 280 g/mol. The fourth-order valence-electron chi connectivity index (χ4n) is 2.16. The molecule has 2 rings (SSSR count). The number of halogens is 3. The monoisotopic (exact) mass is 280 g/mol. The fourth-order valence-corrected chi connectivity index (χ4v) is 3.20. The van der Waals surface area contributed by atoms with Crippen molar-refractivity contribution in [3.63, 3.8) is 0 Å². The normalized spacial score (nSPS) is 13.2. The van der Waals surface area contributed by atoms with Crippen molar-refractivity contribution in [2.75, 3.05) is 0 Å². The molecule has 0 N–H and O–H groups in total. The van der Waals surface area contributed by atoms with Crippen LogP contribution >= 0.6 is 0 Å². The zero-order valence-electron chi connectivity index (χ0n) is 10.4. The number of hydrogen-bond acceptors (Lipinski definition) is 0. The van der Waals surface area contributed by atoms with Crippen LogP contribution in [-0.4, -0.2) is 9.08 Å². The van der Waals surface area contributed by atoms with E-state index in [0.717, 1.165) is 5.56 Å². The van der Waals surface area contributed by atoms with Gasteiger partial charge in [-0.25, -0.2) is 12.3 Å². The van der Waals surface area contributed by atoms with Crippen LogP contribution in [0.5, 0.6) is 0 Å². The third-order valence-electron chi connectivity index (χ3n) is 3.16. The molecule has 2 aromatic rings. The first-order valence-electron chi connectivity index (χ1n) is 6.23. The van der Waals surface area contributed by atoms with E-state index >= 15 is 0 Å². The predicted octanol–water partition coefficient (Wildman–Crippen LogP) is 4.79. The molecule has 0 nitrogen and oxygen atoms in total. The van der Waals surface area contributed by atoms with Gasteiger partial charge in [-0.05, 0) is 24.0 Å². The molecule has 19 heavy (non-hydrogen) atoms. The lowest BCUT2D eigenvalue weighted by molar-refractivity contribution is 0.430. The van der Waals surface area contributed by atoms with E-state index < -0.39 is 14.6 Å². The maximum atomic E-state index is 13.2. The van der Waals surface area contributed by atoms with Crippen LogP contribution in [0.4, 0.5) is 12.3 Å². The highest BCUT2D eigenvalue weighted by molar-refractivity contribution is 6.60. The molecule has 0 saturated carbocycles. The van der Waals surface area contributed by atoms with Crippen LogP contribution in [0.15, 0.2) is 60.7 Å². The Morgan fingerprint density at radius 2 is 1.32 bits per heavy atom. The summed E-state index contributed by atoms with van der Waals surface area (Å²) in [4.78, 5) is 0. The fraction of sp³-hybridized carbons (Fsp3) is 0.200. The van der Waals surface area contributed by atoms with Gasteiger partial charge < -0.3 is 0 Å². The Morgan fingerprint density at radius 1 is 0.789 bits per heavy atom. The number of hydrogen-bond donors (Lipinski definition) is 0. The SMILES string of the molecule is F[Si](F)(F)[C@@H](CCc1ccccc1)c1ccccc1. The second-order valence-corrected chi connectivity index (χ2v) is 6.31. The third-order valence-corrected chi connectivity index (χ3v) is 4.57. The van der Waals surface area contributed by atoms with Crippen LogP contribution in [0, 0.1) is 0 Å². The molecule has 2 aromatic carbocycles. The van der Waals surface area contributed by atoms with Crippen molar-refractivity contribution in [1.29, 1.82) is 0 Å². The minimum atomic E-state index is -5.68. The van der Waals surface area contributed by atoms with Gasteiger partial charge in [0.1, 0.15) is 0 Å². The highest BCUT2D eigenvalue weighted by Crippen LogP contribution is 2.34. The van der Waals surface area contributed by atoms with E-state index in [1.807, 2.05) is 30.3 Å². The largest absolute Gasteiger partial charge is 0.623 e. The van der Waals surface area contributed by atoms with Gasteiger partial charge in [0.2, 0.25) is 0 Å². The highest BCUT2D eigenvalue weighted by atomic mass is 28.5. The Balaban J connectivity index is 2.12. The Hall–Kier alpha value is -1.55. The molecule has 0 fully saturated rings. The zero-order valence-corrected chi connectivity index (χ0v) is 11.4. The summed E-state index contributed by atoms with van der Waals surface area (Å²) in [7, 11) is -5.68. The molecule has 0 aliphatic heterocycles. The van der Waals surface area contributed by atoms with Gasteiger partial charge in [-0.15, -0.1) is 0 Å². The maximum absolute atomic E-state index is 13.2. The smallest absolute Gasteiger partial charge is 0.237 e. The van der Waals surface area contributed by atoms with Gasteiger partial charge in [0.05, 0.1) is 5.54 Å². The van der Waals surface area contributed by atoms with Gasteiger partial charge in [0, 0.05) is 0 Å². The minimum Gasteiger partial charge on any atom is -0.237 e. The van der Waals surface area contributed by atoms with Gasteiger partial charge in [0.25, 0.3) is 0 Å². The highest BCUT2D eigenvalue weighted by Gasteiger charge is 2.47. The average Bonchev–Trinajstić information content (AvgIpc) is 2.40. The molecular formula is C15H15F3Si. The molecule has 100 valence electrons. The molecule has 0 aliphatic carbocycles. The summed E-state index contributed by atoms with van der Waals surface area (Å²) < 4.78 is 39.7. The first-order chi connectivity index (χ1) is 9.07. The summed E-state index contributed by atoms with van der Waals surface area (Å²) in [6.07, 6.45) is 0.608. The Bertz CT molecular complexity index is 494. The molecule has 0 heterocycles. The second kappa shape index (κ2) is 6.06. The van der Waals surface area contributed by atoms with Crippen LogP contribution < -0.4 is 0 Å². The number of benzene rings is 2. The van der Waals surface area contributed by atoms with Crippen LogP contribution in [0.1, 0.15) is 23.1 Å². The molecule has 4 heteroatoms. The lowest BCUT2D eigenvalue weighted by Crippen LogP contribution is -2.27. The van der Waals surface area contributed by atoms with Crippen molar-refractivity contribution >= 4 is 9.08 Å². The molecule has 0 radical (unpaired) electrons. The van der Waals surface area contributed by atoms with Gasteiger partial charge in [0.15, 0.2) is 0 Å². The van der Waals surface area contributed by atoms with E-state index in [1.165, 1.54) is 0 Å². The molecule has 0 aromatic heterocycles. The van der Waals surface area contributed by atoms with E-state index in [1.54, 1.807) is 30.3 Å². The first-order valence-corrected chi connectivity index (χ1v) is 7.94. The lowest BCUT2D eigenvalue weighted by atomic mass is 10.0. The van der Waals surface area contributed by atoms with E-state index in [-0.39, 0.29) is 6.42 Å². The summed E-state index contributed by atoms with van der Waals surface area (Å²) in [5.74, 6) is 0. The molecule has 0 unspecified atom stereocenters. The summed E-state index contributed by atoms with van der Waals surface area (Å²) in [5, 5.41) is 0. The van der Waals surface area contributed by atoms with Gasteiger partial charge in [-0.1, -0.05) is 60.7 Å². The maximum Gasteiger partial charge on any atom is 0.623 e. The van der Waals surface area contributed by atoms with Crippen molar-refractivity contribution < 1.29 is 12.3 Å². The Kier molecular flexibility index (Phi) is 4.42. The number of aryl methyl sites for hydroxylation is 1. The van der Waals surface area contributed by atoms with E-state index in [4.69, 9.17) is 0 Å². The standard InChI is InChI=1S/C15H15F3Si/c16-19(17,18)15(14-9-5-2-6-10-14)12-11-13-7-3-1-4-8-13/h1-10,15H,11-12H2/t15-/m0/s1. The first kappa shape index (κ1) is 13.9. The summed E-state index contributed by atoms with van der Waals surface area (Å²) >= 11 is 0. The third kappa shape index (κ3) is 3.96. The summed E-state index contributed by atoms with van der Waals surface area (Å²) in [6.45, 7) is 0. The number of rotatable bonds is 5. The van der Waals surface area contributed by atoms with Crippen LogP contribution in [-0.2, 0) is 6.42 Å². The quantitative estimate of drug-likeness (QED) is 0.545. The van der Waals surface area contributed by atoms with Crippen molar-refractivity contribution in [2.45, 2.75) is 18.4 Å². The Labute approximate surface area is 112 Å². The van der Waals surface area contributed by atoms with E-state index in [2.05, 4.69) is 0 Å². The van der Waals surface area contributed by atoms with Crippen LogP contribution in [0.3, 0.4) is 0 Å². The summed E-state index contributed by atoms with van der Waals surface area (Å²) in [6, 6.07) is 17.6. The molecule has 0 aliphatic rings. The van der Waals surface area contributed by atoms with Gasteiger partial charge in [-0.3, -0.25) is 0 Å². The van der Waals surface area contributed by atoms with Crippen molar-refractivity contribution in [3.8, 4) is 0 Å². The molecule has 0 spiro atoms. The molecule has 1 atom stereocenters.